The van der Waals surface area contributed by atoms with Crippen LogP contribution in [0.25, 0.3) is 5.70 Å². The Kier molecular flexibility index (Phi) is 16.3. The van der Waals surface area contributed by atoms with Gasteiger partial charge in [-0.3, -0.25) is 4.68 Å². The predicted molar refractivity (Wildman–Crippen MR) is 265 cm³/mol. The molecule has 0 spiro atoms. The van der Waals surface area contributed by atoms with Gasteiger partial charge in [0.1, 0.15) is 5.84 Å². The molecule has 65 heavy (non-hydrogen) atoms. The molecule has 2 saturated heterocycles. The van der Waals surface area contributed by atoms with Crippen LogP contribution < -0.4 is 20.4 Å². The van der Waals surface area contributed by atoms with Gasteiger partial charge in [-0.05, 0) is 115 Å². The summed E-state index contributed by atoms with van der Waals surface area (Å²) in [6.45, 7) is 20.6. The monoisotopic (exact) mass is 890 g/mol. The number of likely N-dealkylation sites (tertiary alicyclic amines) is 2. The van der Waals surface area contributed by atoms with Gasteiger partial charge in [0, 0.05) is 64.2 Å². The first-order chi connectivity index (χ1) is 31.5. The van der Waals surface area contributed by atoms with Crippen molar-refractivity contribution in [1.29, 1.82) is 0 Å². The predicted octanol–water partition coefficient (Wildman–Crippen LogP) is 10.8. The van der Waals surface area contributed by atoms with Crippen LogP contribution in [0.5, 0.6) is 0 Å². The minimum Gasteiger partial charge on any atom is -0.390 e. The van der Waals surface area contributed by atoms with E-state index in [1.807, 2.05) is 31.1 Å². The molecule has 0 amide bonds. The fourth-order valence-corrected chi connectivity index (χ4v) is 10.5. The van der Waals surface area contributed by atoms with Gasteiger partial charge in [0.2, 0.25) is 0 Å². The third-order valence-electron chi connectivity index (χ3n) is 14.5. The van der Waals surface area contributed by atoms with Crippen LogP contribution in [0.3, 0.4) is 0 Å². The van der Waals surface area contributed by atoms with Gasteiger partial charge in [-0.1, -0.05) is 63.0 Å². The number of hydrogen-bond acceptors (Lipinski definition) is 9. The number of aliphatic imine (C=N–C) groups is 1. The minimum absolute atomic E-state index is 0.155. The van der Waals surface area contributed by atoms with E-state index in [0.717, 1.165) is 116 Å². The molecule has 3 atom stereocenters. The van der Waals surface area contributed by atoms with E-state index in [0.29, 0.717) is 17.4 Å². The maximum Gasteiger partial charge on any atom is 0.284 e. The molecule has 3 aliphatic heterocycles. The van der Waals surface area contributed by atoms with Crippen molar-refractivity contribution in [1.82, 2.24) is 34.7 Å². The minimum atomic E-state index is -2.65. The number of fused-ring (bicyclic) bond motifs is 3. The van der Waals surface area contributed by atoms with Crippen molar-refractivity contribution in [2.45, 2.75) is 127 Å². The average molecular weight is 890 g/mol. The van der Waals surface area contributed by atoms with Gasteiger partial charge < -0.3 is 30.2 Å². The van der Waals surface area contributed by atoms with Crippen molar-refractivity contribution in [3.05, 3.63) is 91.7 Å². The highest BCUT2D eigenvalue weighted by Crippen LogP contribution is 2.41. The second-order valence-electron chi connectivity index (χ2n) is 18.8. The number of anilines is 3. The molecule has 3 aromatic rings. The molecule has 5 heterocycles. The molecular weight excluding hydrogens is 817 g/mol. The van der Waals surface area contributed by atoms with Crippen molar-refractivity contribution in [2.24, 2.45) is 16.8 Å². The van der Waals surface area contributed by atoms with Crippen LogP contribution in [0.2, 0.25) is 0 Å². The second-order valence-corrected chi connectivity index (χ2v) is 18.8. The maximum absolute atomic E-state index is 13.8. The molecule has 0 radical (unpaired) electrons. The van der Waals surface area contributed by atoms with E-state index in [2.05, 4.69) is 111 Å². The Morgan fingerprint density at radius 1 is 1.02 bits per heavy atom. The quantitative estimate of drug-likeness (QED) is 0.109. The van der Waals surface area contributed by atoms with Crippen molar-refractivity contribution in [3.63, 3.8) is 0 Å². The van der Waals surface area contributed by atoms with Crippen LogP contribution in [0.4, 0.5) is 31.7 Å². The molecule has 1 aromatic carbocycles. The summed E-state index contributed by atoms with van der Waals surface area (Å²) < 4.78 is 31.2. The zero-order valence-corrected chi connectivity index (χ0v) is 39.5. The standard InChI is InChI=1S/C28H42N4.C24H31F2N7/c1-8-10-17-26(23(3)29-4)32(7)27-18-13-16-25(28(27)31(6)9-2)15-12-11-14-24-19-21-30(5)22-20-24;1-15(28-20-14-33(30-22(20)23(25)26)17-5-3-2-4-6-17)19-12-27-32-10-9-21(29-24(19)32)31-13-16-7-8-18(31)11-16/h8-9,13,16,18,24,26,29H,1-3,10-11,14,17,19-22H2,4-7H3;12,14,16-18,23,28H,1-11,13H2. The number of piperidine rings is 2. The fraction of sp³-hybridized carbons (Fsp3) is 0.558. The summed E-state index contributed by atoms with van der Waals surface area (Å²) >= 11 is 0. The Morgan fingerprint density at radius 2 is 1.80 bits per heavy atom. The first-order valence-corrected chi connectivity index (χ1v) is 24.1. The van der Waals surface area contributed by atoms with Crippen LogP contribution in [0.1, 0.15) is 126 Å². The number of nitrogens with zero attached hydrogens (tertiary/aromatic N) is 9. The Hall–Kier alpha value is -5.35. The number of aromatic nitrogens is 4. The largest absolute Gasteiger partial charge is 0.390 e. The molecular formula is C52H73F2N11. The lowest BCUT2D eigenvalue weighted by atomic mass is 9.92. The zero-order valence-electron chi connectivity index (χ0n) is 39.5. The summed E-state index contributed by atoms with van der Waals surface area (Å²) in [6, 6.07) is 7.32. The van der Waals surface area contributed by atoms with Gasteiger partial charge >= 0.3 is 0 Å². The number of para-hydroxylation sites is 1. The SMILES string of the molecule is C=C(Nc1cn(C2CCCCC2)nc1C(F)F)c1cnn2c1N=C(N1CC3CCC1C3)CC2.C=CCCC(C(=C)NC)N(C)c1cccc(C#CCCC2CCN(C)CC2)c1N(C)C=C. The Balaban J connectivity index is 0.000000194. The summed E-state index contributed by atoms with van der Waals surface area (Å²) in [4.78, 5) is 14.2. The maximum atomic E-state index is 13.8. The van der Waals surface area contributed by atoms with E-state index >= 15 is 0 Å². The number of rotatable bonds is 16. The van der Waals surface area contributed by atoms with E-state index in [4.69, 9.17) is 4.99 Å². The lowest BCUT2D eigenvalue weighted by Crippen LogP contribution is -2.39. The van der Waals surface area contributed by atoms with E-state index in [-0.39, 0.29) is 17.8 Å². The van der Waals surface area contributed by atoms with Gasteiger partial charge in [0.25, 0.3) is 6.43 Å². The number of nitrogens with one attached hydrogen (secondary N) is 2. The molecule has 8 rings (SSSR count). The number of likely N-dealkylation sites (N-methyl/N-ethyl adjacent to an activating group) is 2. The van der Waals surface area contributed by atoms with Crippen molar-refractivity contribution in [2.75, 3.05) is 62.9 Å². The van der Waals surface area contributed by atoms with Gasteiger partial charge in [-0.25, -0.2) is 18.5 Å². The fourth-order valence-electron chi connectivity index (χ4n) is 10.5. The van der Waals surface area contributed by atoms with Crippen molar-refractivity contribution >= 4 is 34.4 Å². The van der Waals surface area contributed by atoms with Crippen molar-refractivity contribution in [3.8, 4) is 11.8 Å². The number of benzene rings is 1. The van der Waals surface area contributed by atoms with Crippen LogP contribution in [-0.2, 0) is 6.54 Å². The van der Waals surface area contributed by atoms with Crippen LogP contribution in [0.15, 0.2) is 79.9 Å². The smallest absolute Gasteiger partial charge is 0.284 e. The van der Waals surface area contributed by atoms with Gasteiger partial charge in [0.05, 0.1) is 53.0 Å². The summed E-state index contributed by atoms with van der Waals surface area (Å²) in [7, 11) is 8.31. The second kappa shape index (κ2) is 22.2. The molecule has 3 unspecified atom stereocenters. The van der Waals surface area contributed by atoms with E-state index < -0.39 is 6.43 Å². The molecule has 2 saturated carbocycles. The topological polar surface area (TPSA) is 85.0 Å². The number of aryl methyl sites for hydroxylation is 1. The lowest BCUT2D eigenvalue weighted by molar-refractivity contribution is 0.144. The van der Waals surface area contributed by atoms with E-state index in [1.165, 1.54) is 58.0 Å². The molecule has 2 N–H and O–H groups in total. The molecule has 2 aliphatic carbocycles. The molecule has 11 nitrogen and oxygen atoms in total. The number of hydrogen-bond donors (Lipinski definition) is 2. The van der Waals surface area contributed by atoms with Gasteiger partial charge in [-0.2, -0.15) is 10.2 Å². The molecule has 2 aromatic heterocycles. The first kappa shape index (κ1) is 47.6. The Bertz CT molecular complexity index is 2210. The molecule has 350 valence electrons. The van der Waals surface area contributed by atoms with Crippen LogP contribution >= 0.6 is 0 Å². The number of amidine groups is 1. The van der Waals surface area contributed by atoms with Crippen LogP contribution in [0, 0.1) is 23.7 Å². The molecule has 5 aliphatic rings. The summed E-state index contributed by atoms with van der Waals surface area (Å²) in [5.74, 6) is 10.4. The number of alkyl halides is 2. The summed E-state index contributed by atoms with van der Waals surface area (Å²) in [5, 5.41) is 15.1. The van der Waals surface area contributed by atoms with Crippen molar-refractivity contribution < 1.29 is 8.78 Å². The number of allylic oxidation sites excluding steroid dienone is 1. The summed E-state index contributed by atoms with van der Waals surface area (Å²) in [6.07, 6.45) is 21.4. The normalized spacial score (nSPS) is 20.2. The van der Waals surface area contributed by atoms with E-state index in [1.54, 1.807) is 17.1 Å². The number of halogens is 2. The highest BCUT2D eigenvalue weighted by Gasteiger charge is 2.40. The average Bonchev–Trinajstić information content (AvgIpc) is 4.16. The lowest BCUT2D eigenvalue weighted by Gasteiger charge is -2.34. The van der Waals surface area contributed by atoms with Crippen LogP contribution in [-0.4, -0.2) is 95.1 Å². The first-order valence-electron chi connectivity index (χ1n) is 24.1. The molecule has 13 heteroatoms. The third kappa shape index (κ3) is 11.4. The van der Waals surface area contributed by atoms with Gasteiger partial charge in [-0.15, -0.1) is 6.58 Å². The molecule has 4 fully saturated rings. The van der Waals surface area contributed by atoms with E-state index in [9.17, 15) is 8.78 Å². The summed E-state index contributed by atoms with van der Waals surface area (Å²) in [5.41, 5.74) is 5.62. The highest BCUT2D eigenvalue weighted by molar-refractivity contribution is 5.89. The highest BCUT2D eigenvalue weighted by atomic mass is 19.3. The van der Waals surface area contributed by atoms with Gasteiger partial charge in [0.15, 0.2) is 11.5 Å². The molecule has 2 bridgehead atoms. The Labute approximate surface area is 387 Å². The zero-order chi connectivity index (χ0) is 46.0. The Morgan fingerprint density at radius 3 is 2.48 bits per heavy atom. The third-order valence-corrected chi connectivity index (χ3v) is 14.5.